The molecule has 0 radical (unpaired) electrons. The third kappa shape index (κ3) is 4.20. The molecule has 1 unspecified atom stereocenters. The fourth-order valence-electron chi connectivity index (χ4n) is 4.68. The summed E-state index contributed by atoms with van der Waals surface area (Å²) in [6, 6.07) is 6.43. The highest BCUT2D eigenvalue weighted by atomic mass is 35.5. The molecule has 0 bridgehead atoms. The fourth-order valence-corrected chi connectivity index (χ4v) is 4.93. The van der Waals surface area contributed by atoms with Crippen LogP contribution in [0.4, 0.5) is 14.5 Å². The highest BCUT2D eigenvalue weighted by Crippen LogP contribution is 2.32. The lowest BCUT2D eigenvalue weighted by Crippen LogP contribution is -2.41. The molecule has 2 aliphatic rings. The summed E-state index contributed by atoms with van der Waals surface area (Å²) in [6.45, 7) is 3.22. The summed E-state index contributed by atoms with van der Waals surface area (Å²) >= 11 is 6.52. The van der Waals surface area contributed by atoms with Crippen LogP contribution in [-0.4, -0.2) is 37.4 Å². The summed E-state index contributed by atoms with van der Waals surface area (Å²) in [5, 5.41) is 13.0. The number of rotatable bonds is 5. The number of ether oxygens (including phenoxy) is 1. The molecule has 0 N–H and O–H groups in total. The van der Waals surface area contributed by atoms with Gasteiger partial charge < -0.3 is 9.64 Å². The van der Waals surface area contributed by atoms with Gasteiger partial charge in [0.15, 0.2) is 6.23 Å². The van der Waals surface area contributed by atoms with E-state index in [1.54, 1.807) is 29.1 Å². The molecule has 2 atom stereocenters. The lowest BCUT2D eigenvalue weighted by molar-refractivity contribution is -0.0424. The van der Waals surface area contributed by atoms with Crippen LogP contribution in [0.25, 0.3) is 0 Å². The molecule has 5 rings (SSSR count). The number of aromatic nitrogens is 5. The van der Waals surface area contributed by atoms with Crippen molar-refractivity contribution < 1.29 is 13.5 Å². The van der Waals surface area contributed by atoms with Gasteiger partial charge in [-0.1, -0.05) is 41.1 Å². The molecule has 0 aliphatic carbocycles. The van der Waals surface area contributed by atoms with E-state index in [0.29, 0.717) is 30.8 Å². The van der Waals surface area contributed by atoms with E-state index in [2.05, 4.69) is 15.4 Å². The number of hydrogen-bond acceptors (Lipinski definition) is 6. The SMILES string of the molecule is C[C@H]1Cc2c(nnn2Cc2ccccc2C(F)F)CN1c1cnn(C2CCCCO2)c(=O)c1Cl. The molecule has 1 aromatic carbocycles. The lowest BCUT2D eigenvalue weighted by atomic mass is 10.0. The van der Waals surface area contributed by atoms with Crippen molar-refractivity contribution >= 4 is 17.3 Å². The third-order valence-corrected chi connectivity index (χ3v) is 6.89. The largest absolute Gasteiger partial charge is 0.360 e. The zero-order valence-electron chi connectivity index (χ0n) is 18.7. The van der Waals surface area contributed by atoms with E-state index < -0.39 is 12.7 Å². The molecule has 180 valence electrons. The average Bonchev–Trinajstić information content (AvgIpc) is 3.22. The second kappa shape index (κ2) is 9.42. The van der Waals surface area contributed by atoms with Crippen LogP contribution in [0.15, 0.2) is 35.3 Å². The van der Waals surface area contributed by atoms with Crippen molar-refractivity contribution in [1.29, 1.82) is 0 Å². The van der Waals surface area contributed by atoms with Crippen molar-refractivity contribution in [3.05, 3.63) is 68.4 Å². The number of fused-ring (bicyclic) bond motifs is 1. The maximum atomic E-state index is 13.4. The normalized spacial score (nSPS) is 20.6. The monoisotopic (exact) mass is 490 g/mol. The topological polar surface area (TPSA) is 78.1 Å². The van der Waals surface area contributed by atoms with E-state index in [1.165, 1.54) is 10.7 Å². The highest BCUT2D eigenvalue weighted by molar-refractivity contribution is 6.33. The van der Waals surface area contributed by atoms with E-state index in [0.717, 1.165) is 30.7 Å². The smallest absolute Gasteiger partial charge is 0.290 e. The van der Waals surface area contributed by atoms with E-state index in [1.807, 2.05) is 11.8 Å². The highest BCUT2D eigenvalue weighted by Gasteiger charge is 2.31. The van der Waals surface area contributed by atoms with Gasteiger partial charge in [-0.05, 0) is 31.7 Å². The van der Waals surface area contributed by atoms with Crippen LogP contribution in [0.5, 0.6) is 0 Å². The molecule has 11 heteroatoms. The van der Waals surface area contributed by atoms with Gasteiger partial charge in [-0.25, -0.2) is 13.5 Å². The van der Waals surface area contributed by atoms with Crippen molar-refractivity contribution in [1.82, 2.24) is 24.8 Å². The van der Waals surface area contributed by atoms with Crippen LogP contribution in [0.2, 0.25) is 5.02 Å². The van der Waals surface area contributed by atoms with Crippen molar-refractivity contribution in [2.24, 2.45) is 0 Å². The van der Waals surface area contributed by atoms with Crippen molar-refractivity contribution in [2.75, 3.05) is 11.5 Å². The van der Waals surface area contributed by atoms with E-state index >= 15 is 0 Å². The minimum atomic E-state index is -2.55. The summed E-state index contributed by atoms with van der Waals surface area (Å²) < 4.78 is 35.5. The second-order valence-electron chi connectivity index (χ2n) is 8.74. The summed E-state index contributed by atoms with van der Waals surface area (Å²) in [4.78, 5) is 14.9. The fraction of sp³-hybridized carbons (Fsp3) is 0.478. The van der Waals surface area contributed by atoms with Crippen LogP contribution in [-0.2, 0) is 24.2 Å². The van der Waals surface area contributed by atoms with Gasteiger partial charge in [-0.3, -0.25) is 4.79 Å². The zero-order valence-corrected chi connectivity index (χ0v) is 19.5. The Labute approximate surface area is 200 Å². The van der Waals surface area contributed by atoms with Gasteiger partial charge in [-0.15, -0.1) is 5.10 Å². The average molecular weight is 491 g/mol. The first-order valence-corrected chi connectivity index (χ1v) is 11.7. The molecule has 8 nitrogen and oxygen atoms in total. The van der Waals surface area contributed by atoms with Crippen LogP contribution >= 0.6 is 11.6 Å². The van der Waals surface area contributed by atoms with Crippen LogP contribution < -0.4 is 10.5 Å². The van der Waals surface area contributed by atoms with Gasteiger partial charge in [0, 0.05) is 24.6 Å². The summed E-state index contributed by atoms with van der Waals surface area (Å²) in [7, 11) is 0. The Morgan fingerprint density at radius 2 is 2.09 bits per heavy atom. The Morgan fingerprint density at radius 1 is 1.26 bits per heavy atom. The number of anilines is 1. The maximum absolute atomic E-state index is 13.4. The molecule has 2 aromatic heterocycles. The molecule has 0 amide bonds. The maximum Gasteiger partial charge on any atom is 0.290 e. The summed E-state index contributed by atoms with van der Waals surface area (Å²) in [5.74, 6) is 0. The Morgan fingerprint density at radius 3 is 2.85 bits per heavy atom. The number of alkyl halides is 2. The van der Waals surface area contributed by atoms with E-state index in [4.69, 9.17) is 16.3 Å². The summed E-state index contributed by atoms with van der Waals surface area (Å²) in [6.07, 6.45) is 1.90. The third-order valence-electron chi connectivity index (χ3n) is 6.53. The van der Waals surface area contributed by atoms with Gasteiger partial charge in [0.05, 0.1) is 30.7 Å². The van der Waals surface area contributed by atoms with Crippen molar-refractivity contribution in [3.63, 3.8) is 0 Å². The van der Waals surface area contributed by atoms with Crippen LogP contribution in [0.3, 0.4) is 0 Å². The molecule has 3 aromatic rings. The molecule has 0 saturated carbocycles. The summed E-state index contributed by atoms with van der Waals surface area (Å²) in [5.41, 5.74) is 2.29. The Kier molecular flexibility index (Phi) is 6.35. The first-order valence-electron chi connectivity index (χ1n) is 11.4. The van der Waals surface area contributed by atoms with Gasteiger partial charge in [0.2, 0.25) is 0 Å². The molecule has 34 heavy (non-hydrogen) atoms. The molecule has 1 saturated heterocycles. The van der Waals surface area contributed by atoms with Gasteiger partial charge in [0.1, 0.15) is 10.7 Å². The van der Waals surface area contributed by atoms with E-state index in [-0.39, 0.29) is 28.7 Å². The predicted molar refractivity (Wildman–Crippen MR) is 122 cm³/mol. The second-order valence-corrected chi connectivity index (χ2v) is 9.11. The Balaban J connectivity index is 1.40. The Bertz CT molecular complexity index is 1240. The first kappa shape index (κ1) is 22.9. The number of halogens is 3. The number of nitrogens with zero attached hydrogens (tertiary/aromatic N) is 6. The molecule has 0 spiro atoms. The molecule has 1 fully saturated rings. The minimum Gasteiger partial charge on any atom is -0.360 e. The van der Waals surface area contributed by atoms with Crippen LogP contribution in [0.1, 0.15) is 61.4 Å². The van der Waals surface area contributed by atoms with E-state index in [9.17, 15) is 13.6 Å². The minimum absolute atomic E-state index is 0.00222. The van der Waals surface area contributed by atoms with Gasteiger partial charge in [0.25, 0.3) is 12.0 Å². The molecule has 2 aliphatic heterocycles. The number of benzene rings is 1. The zero-order chi connectivity index (χ0) is 23.8. The molecular formula is C23H25ClF2N6O2. The van der Waals surface area contributed by atoms with Crippen molar-refractivity contribution in [3.8, 4) is 0 Å². The standard InChI is InChI=1S/C23H25ClF2N6O2/c1-14-10-18-17(28-29-31(18)12-15-6-2-3-7-16(15)22(25)26)13-30(14)19-11-27-32(23(33)21(19)24)20-8-4-5-9-34-20/h2-3,6-7,11,14,20,22H,4-5,8-10,12-13H2,1H3/t14-,20?/m0/s1. The molecular weight excluding hydrogens is 466 g/mol. The lowest BCUT2D eigenvalue weighted by Gasteiger charge is -2.35. The van der Waals surface area contributed by atoms with Gasteiger partial charge >= 0.3 is 0 Å². The quantitative estimate of drug-likeness (QED) is 0.535. The first-order chi connectivity index (χ1) is 16.4. The predicted octanol–water partition coefficient (Wildman–Crippen LogP) is 4.12. The van der Waals surface area contributed by atoms with Crippen molar-refractivity contribution in [2.45, 2.75) is 64.4 Å². The number of hydrogen-bond donors (Lipinski definition) is 0. The van der Waals surface area contributed by atoms with Gasteiger partial charge in [-0.2, -0.15) is 9.78 Å². The molecule has 4 heterocycles. The van der Waals surface area contributed by atoms with Crippen LogP contribution in [0, 0.1) is 0 Å². The Hall–Kier alpha value is -2.85.